The largest absolute Gasteiger partial charge is 0.459 e. The molecule has 184 valence electrons. The maximum Gasteiger partial charge on any atom is 0.317 e. The first-order valence-corrected chi connectivity index (χ1v) is 12.7. The molecule has 3 aromatic rings. The van der Waals surface area contributed by atoms with Crippen molar-refractivity contribution < 1.29 is 22.4 Å². The van der Waals surface area contributed by atoms with Crippen LogP contribution in [0.1, 0.15) is 27.2 Å². The van der Waals surface area contributed by atoms with Crippen molar-refractivity contribution in [3.05, 3.63) is 83.3 Å². The van der Waals surface area contributed by atoms with Crippen LogP contribution in [0, 0.1) is 13.8 Å². The molecule has 2 N–H and O–H groups in total. The van der Waals surface area contributed by atoms with Crippen molar-refractivity contribution in [2.24, 2.45) is 0 Å². The van der Waals surface area contributed by atoms with Crippen molar-refractivity contribution in [1.29, 1.82) is 0 Å². The Morgan fingerprint density at radius 1 is 0.943 bits per heavy atom. The summed E-state index contributed by atoms with van der Waals surface area (Å²) in [5, 5.41) is 5.61. The molecule has 0 radical (unpaired) electrons. The SMILES string of the molecule is Cc1ccc(S(=O)(=O)N2CCN(C(=O)NCc3ccc(NC(=O)c4ccco4)cc3)CC2)cc1C. The predicted molar refractivity (Wildman–Crippen MR) is 132 cm³/mol. The minimum atomic E-state index is -3.59. The number of anilines is 1. The van der Waals surface area contributed by atoms with Gasteiger partial charge in [-0.3, -0.25) is 4.79 Å². The van der Waals surface area contributed by atoms with Gasteiger partial charge < -0.3 is 20.0 Å². The van der Waals surface area contributed by atoms with E-state index in [0.29, 0.717) is 25.3 Å². The van der Waals surface area contributed by atoms with Crippen LogP contribution in [-0.2, 0) is 16.6 Å². The van der Waals surface area contributed by atoms with E-state index in [2.05, 4.69) is 10.6 Å². The van der Waals surface area contributed by atoms with Gasteiger partial charge >= 0.3 is 6.03 Å². The Bertz CT molecular complexity index is 1300. The van der Waals surface area contributed by atoms with Crippen molar-refractivity contribution in [3.8, 4) is 0 Å². The molecule has 1 aliphatic rings. The number of furan rings is 1. The molecule has 1 aliphatic heterocycles. The number of carbonyl (C=O) groups is 2. The van der Waals surface area contributed by atoms with Gasteiger partial charge in [0.1, 0.15) is 0 Å². The second-order valence-electron chi connectivity index (χ2n) is 8.42. The lowest BCUT2D eigenvalue weighted by molar-refractivity contribution is 0.0996. The maximum absolute atomic E-state index is 13.0. The first kappa shape index (κ1) is 24.5. The number of sulfonamides is 1. The lowest BCUT2D eigenvalue weighted by atomic mass is 10.1. The van der Waals surface area contributed by atoms with E-state index < -0.39 is 10.0 Å². The van der Waals surface area contributed by atoms with Crippen LogP contribution in [0.3, 0.4) is 0 Å². The van der Waals surface area contributed by atoms with Crippen LogP contribution in [0.15, 0.2) is 70.2 Å². The fourth-order valence-corrected chi connectivity index (χ4v) is 5.26. The first-order chi connectivity index (χ1) is 16.7. The van der Waals surface area contributed by atoms with E-state index in [1.54, 1.807) is 41.3 Å². The highest BCUT2D eigenvalue weighted by molar-refractivity contribution is 7.89. The number of rotatable bonds is 6. The van der Waals surface area contributed by atoms with Gasteiger partial charge in [0.25, 0.3) is 5.91 Å². The van der Waals surface area contributed by atoms with Gasteiger partial charge in [-0.25, -0.2) is 13.2 Å². The quantitative estimate of drug-likeness (QED) is 0.544. The van der Waals surface area contributed by atoms with Crippen LogP contribution < -0.4 is 10.6 Å². The van der Waals surface area contributed by atoms with Crippen molar-refractivity contribution in [2.45, 2.75) is 25.3 Å². The number of piperazine rings is 1. The monoisotopic (exact) mass is 496 g/mol. The average molecular weight is 497 g/mol. The average Bonchev–Trinajstić information content (AvgIpc) is 3.40. The summed E-state index contributed by atoms with van der Waals surface area (Å²) in [5.41, 5.74) is 3.45. The molecular weight excluding hydrogens is 468 g/mol. The zero-order valence-electron chi connectivity index (χ0n) is 19.7. The Labute approximate surface area is 204 Å². The summed E-state index contributed by atoms with van der Waals surface area (Å²) < 4.78 is 32.4. The van der Waals surface area contributed by atoms with E-state index in [1.807, 2.05) is 32.0 Å². The second-order valence-corrected chi connectivity index (χ2v) is 10.4. The fourth-order valence-electron chi connectivity index (χ4n) is 3.75. The fraction of sp³-hybridized carbons (Fsp3) is 0.280. The molecule has 10 heteroatoms. The lowest BCUT2D eigenvalue weighted by Crippen LogP contribution is -2.52. The smallest absolute Gasteiger partial charge is 0.317 e. The third-order valence-electron chi connectivity index (χ3n) is 6.04. The van der Waals surface area contributed by atoms with Gasteiger partial charge in [0.15, 0.2) is 5.76 Å². The first-order valence-electron chi connectivity index (χ1n) is 11.3. The molecule has 1 fully saturated rings. The Morgan fingerprint density at radius 2 is 1.66 bits per heavy atom. The molecule has 0 saturated carbocycles. The van der Waals surface area contributed by atoms with E-state index in [-0.39, 0.29) is 35.7 Å². The van der Waals surface area contributed by atoms with Crippen molar-refractivity contribution in [2.75, 3.05) is 31.5 Å². The van der Waals surface area contributed by atoms with Gasteiger partial charge in [-0.15, -0.1) is 0 Å². The van der Waals surface area contributed by atoms with Gasteiger partial charge in [-0.1, -0.05) is 18.2 Å². The van der Waals surface area contributed by atoms with Crippen molar-refractivity contribution in [3.63, 3.8) is 0 Å². The van der Waals surface area contributed by atoms with E-state index in [1.165, 1.54) is 10.6 Å². The molecule has 35 heavy (non-hydrogen) atoms. The number of benzene rings is 2. The van der Waals surface area contributed by atoms with Crippen molar-refractivity contribution in [1.82, 2.24) is 14.5 Å². The van der Waals surface area contributed by atoms with Gasteiger partial charge in [0.2, 0.25) is 10.0 Å². The molecule has 0 aliphatic carbocycles. The molecular formula is C25H28N4O5S. The molecule has 1 aromatic heterocycles. The van der Waals surface area contributed by atoms with Crippen LogP contribution >= 0.6 is 0 Å². The molecule has 0 spiro atoms. The molecule has 0 bridgehead atoms. The number of nitrogens with zero attached hydrogens (tertiary/aromatic N) is 2. The topological polar surface area (TPSA) is 112 Å². The number of carbonyl (C=O) groups excluding carboxylic acids is 2. The van der Waals surface area contributed by atoms with Gasteiger partial charge in [0, 0.05) is 38.4 Å². The molecule has 0 atom stereocenters. The number of urea groups is 1. The number of nitrogens with one attached hydrogen (secondary N) is 2. The van der Waals surface area contributed by atoms with E-state index in [9.17, 15) is 18.0 Å². The van der Waals surface area contributed by atoms with E-state index in [4.69, 9.17) is 4.42 Å². The number of aryl methyl sites for hydroxylation is 2. The maximum atomic E-state index is 13.0. The normalized spacial score (nSPS) is 14.5. The Kier molecular flexibility index (Phi) is 7.23. The summed E-state index contributed by atoms with van der Waals surface area (Å²) in [5.74, 6) is -0.113. The zero-order valence-corrected chi connectivity index (χ0v) is 20.5. The summed E-state index contributed by atoms with van der Waals surface area (Å²) in [6.07, 6.45) is 1.43. The number of hydrogen-bond donors (Lipinski definition) is 2. The number of hydrogen-bond acceptors (Lipinski definition) is 5. The van der Waals surface area contributed by atoms with Crippen LogP contribution in [0.25, 0.3) is 0 Å². The summed E-state index contributed by atoms with van der Waals surface area (Å²) in [7, 11) is -3.59. The predicted octanol–water partition coefficient (Wildman–Crippen LogP) is 3.36. The second kappa shape index (κ2) is 10.3. The Hall–Kier alpha value is -3.63. The minimum absolute atomic E-state index is 0.225. The minimum Gasteiger partial charge on any atom is -0.459 e. The molecule has 2 heterocycles. The molecule has 9 nitrogen and oxygen atoms in total. The highest BCUT2D eigenvalue weighted by Crippen LogP contribution is 2.20. The standard InChI is InChI=1S/C25H28N4O5S/c1-18-5-10-22(16-19(18)2)35(32,33)29-13-11-28(12-14-29)25(31)26-17-20-6-8-21(9-7-20)27-24(30)23-4-3-15-34-23/h3-10,15-16H,11-14,17H2,1-2H3,(H,26,31)(H,27,30). The van der Waals surface area contributed by atoms with Gasteiger partial charge in [0.05, 0.1) is 11.2 Å². The summed E-state index contributed by atoms with van der Waals surface area (Å²) >= 11 is 0. The third kappa shape index (κ3) is 5.72. The zero-order chi connectivity index (χ0) is 25.0. The molecule has 2 aromatic carbocycles. The molecule has 1 saturated heterocycles. The summed E-state index contributed by atoms with van der Waals surface area (Å²) in [4.78, 5) is 26.5. The highest BCUT2D eigenvalue weighted by atomic mass is 32.2. The van der Waals surface area contributed by atoms with Crippen molar-refractivity contribution >= 4 is 27.6 Å². The van der Waals surface area contributed by atoms with Crippen LogP contribution in [0.4, 0.5) is 10.5 Å². The molecule has 4 rings (SSSR count). The summed E-state index contributed by atoms with van der Waals surface area (Å²) in [6, 6.07) is 15.2. The van der Waals surface area contributed by atoms with E-state index in [0.717, 1.165) is 16.7 Å². The van der Waals surface area contributed by atoms with E-state index >= 15 is 0 Å². The number of amides is 3. The van der Waals surface area contributed by atoms with Gasteiger partial charge in [-0.2, -0.15) is 4.31 Å². The third-order valence-corrected chi connectivity index (χ3v) is 7.94. The molecule has 0 unspecified atom stereocenters. The van der Waals surface area contributed by atoms with Crippen LogP contribution in [0.5, 0.6) is 0 Å². The van der Waals surface area contributed by atoms with Crippen LogP contribution in [-0.4, -0.2) is 55.7 Å². The molecule has 3 amide bonds. The highest BCUT2D eigenvalue weighted by Gasteiger charge is 2.30. The van der Waals surface area contributed by atoms with Crippen LogP contribution in [0.2, 0.25) is 0 Å². The Balaban J connectivity index is 1.26. The Morgan fingerprint density at radius 3 is 2.29 bits per heavy atom. The lowest BCUT2D eigenvalue weighted by Gasteiger charge is -2.34. The van der Waals surface area contributed by atoms with Gasteiger partial charge in [-0.05, 0) is 66.9 Å². The summed E-state index contributed by atoms with van der Waals surface area (Å²) in [6.45, 7) is 5.26.